The number of ketones is 1. The first kappa shape index (κ1) is 20.3. The summed E-state index contributed by atoms with van der Waals surface area (Å²) in [4.78, 5) is 25.3. The van der Waals surface area contributed by atoms with Crippen LogP contribution in [0.3, 0.4) is 0 Å². The van der Waals surface area contributed by atoms with Crippen molar-refractivity contribution >= 4 is 17.4 Å². The van der Waals surface area contributed by atoms with Gasteiger partial charge in [0.2, 0.25) is 0 Å². The molecule has 0 radical (unpaired) electrons. The van der Waals surface area contributed by atoms with Gasteiger partial charge in [0.25, 0.3) is 5.91 Å². The summed E-state index contributed by atoms with van der Waals surface area (Å²) in [6.07, 6.45) is 0. The van der Waals surface area contributed by atoms with Gasteiger partial charge in [-0.25, -0.2) is 0 Å². The van der Waals surface area contributed by atoms with Gasteiger partial charge in [0.15, 0.2) is 12.4 Å². The average molecular weight is 387 g/mol. The molecule has 0 saturated heterocycles. The molecule has 0 aliphatic heterocycles. The number of para-hydroxylation sites is 1. The van der Waals surface area contributed by atoms with Crippen LogP contribution in [-0.2, 0) is 4.79 Å². The molecule has 3 aromatic carbocycles. The Morgan fingerprint density at radius 1 is 0.931 bits per heavy atom. The summed E-state index contributed by atoms with van der Waals surface area (Å²) in [5, 5.41) is 2.81. The summed E-state index contributed by atoms with van der Waals surface area (Å²) in [6, 6.07) is 22.0. The van der Waals surface area contributed by atoms with Crippen molar-refractivity contribution in [3.63, 3.8) is 0 Å². The van der Waals surface area contributed by atoms with Crippen LogP contribution in [0, 0.1) is 6.92 Å². The molecule has 0 aliphatic rings. The van der Waals surface area contributed by atoms with Crippen LogP contribution in [0.25, 0.3) is 0 Å². The second-order valence-corrected chi connectivity index (χ2v) is 7.27. The highest BCUT2D eigenvalue weighted by molar-refractivity contribution is 6.13. The number of nitrogens with one attached hydrogen (secondary N) is 1. The van der Waals surface area contributed by atoms with Crippen LogP contribution in [0.15, 0.2) is 72.8 Å². The van der Waals surface area contributed by atoms with Crippen molar-refractivity contribution in [1.82, 2.24) is 0 Å². The number of hydrogen-bond donors (Lipinski definition) is 1. The fourth-order valence-corrected chi connectivity index (χ4v) is 3.11. The Morgan fingerprint density at radius 2 is 1.62 bits per heavy atom. The van der Waals surface area contributed by atoms with Gasteiger partial charge in [0.05, 0.1) is 5.69 Å². The summed E-state index contributed by atoms with van der Waals surface area (Å²) in [6.45, 7) is 6.03. The van der Waals surface area contributed by atoms with Crippen molar-refractivity contribution < 1.29 is 14.3 Å². The minimum Gasteiger partial charge on any atom is -0.483 e. The number of amides is 1. The normalized spacial score (nSPS) is 10.6. The molecule has 0 unspecified atom stereocenters. The molecular weight excluding hydrogens is 362 g/mol. The van der Waals surface area contributed by atoms with E-state index in [0.29, 0.717) is 22.6 Å². The van der Waals surface area contributed by atoms with Crippen molar-refractivity contribution in [2.75, 3.05) is 11.9 Å². The molecule has 1 amide bonds. The van der Waals surface area contributed by atoms with Crippen LogP contribution < -0.4 is 10.1 Å². The van der Waals surface area contributed by atoms with E-state index in [1.807, 2.05) is 43.3 Å². The second-order valence-electron chi connectivity index (χ2n) is 7.27. The van der Waals surface area contributed by atoms with Gasteiger partial charge in [-0.3, -0.25) is 9.59 Å². The van der Waals surface area contributed by atoms with Crippen LogP contribution in [0.2, 0.25) is 0 Å². The molecule has 29 heavy (non-hydrogen) atoms. The number of hydrogen-bond acceptors (Lipinski definition) is 3. The van der Waals surface area contributed by atoms with Crippen molar-refractivity contribution in [1.29, 1.82) is 0 Å². The second kappa shape index (κ2) is 9.20. The number of anilines is 1. The zero-order chi connectivity index (χ0) is 20.8. The fraction of sp³-hybridized carbons (Fsp3) is 0.200. The molecule has 4 nitrogen and oxygen atoms in total. The Balaban J connectivity index is 1.73. The van der Waals surface area contributed by atoms with Crippen LogP contribution in [0.1, 0.15) is 46.8 Å². The third-order valence-corrected chi connectivity index (χ3v) is 4.63. The van der Waals surface area contributed by atoms with E-state index in [2.05, 4.69) is 19.2 Å². The number of ether oxygens (including phenoxy) is 1. The van der Waals surface area contributed by atoms with Gasteiger partial charge in [-0.1, -0.05) is 68.4 Å². The van der Waals surface area contributed by atoms with Gasteiger partial charge in [-0.05, 0) is 42.2 Å². The van der Waals surface area contributed by atoms with E-state index in [1.165, 1.54) is 0 Å². The van der Waals surface area contributed by atoms with Crippen LogP contribution >= 0.6 is 0 Å². The quantitative estimate of drug-likeness (QED) is 0.555. The van der Waals surface area contributed by atoms with E-state index in [1.54, 1.807) is 36.4 Å². The van der Waals surface area contributed by atoms with E-state index in [9.17, 15) is 9.59 Å². The van der Waals surface area contributed by atoms with Crippen LogP contribution in [0.5, 0.6) is 5.75 Å². The molecule has 3 rings (SSSR count). The van der Waals surface area contributed by atoms with Gasteiger partial charge in [0.1, 0.15) is 5.75 Å². The topological polar surface area (TPSA) is 55.4 Å². The highest BCUT2D eigenvalue weighted by atomic mass is 16.5. The molecule has 0 aromatic heterocycles. The zero-order valence-electron chi connectivity index (χ0n) is 16.9. The lowest BCUT2D eigenvalue weighted by Crippen LogP contribution is -2.22. The van der Waals surface area contributed by atoms with Gasteiger partial charge >= 0.3 is 0 Å². The van der Waals surface area contributed by atoms with Crippen molar-refractivity contribution in [2.24, 2.45) is 0 Å². The smallest absolute Gasteiger partial charge is 0.262 e. The Hall–Kier alpha value is -3.40. The van der Waals surface area contributed by atoms with Crippen molar-refractivity contribution in [3.8, 4) is 5.75 Å². The van der Waals surface area contributed by atoms with E-state index >= 15 is 0 Å². The first-order chi connectivity index (χ1) is 14.0. The zero-order valence-corrected chi connectivity index (χ0v) is 16.9. The molecule has 148 valence electrons. The largest absolute Gasteiger partial charge is 0.483 e. The van der Waals surface area contributed by atoms with E-state index in [0.717, 1.165) is 11.1 Å². The molecular formula is C25H25NO3. The lowest BCUT2D eigenvalue weighted by atomic mass is 10.0. The molecule has 0 aliphatic carbocycles. The monoisotopic (exact) mass is 387 g/mol. The summed E-state index contributed by atoms with van der Waals surface area (Å²) in [7, 11) is 0. The van der Waals surface area contributed by atoms with E-state index in [-0.39, 0.29) is 24.2 Å². The summed E-state index contributed by atoms with van der Waals surface area (Å²) in [5.74, 6) is 0.555. The highest BCUT2D eigenvalue weighted by Gasteiger charge is 2.16. The van der Waals surface area contributed by atoms with Gasteiger partial charge in [0, 0.05) is 11.1 Å². The fourth-order valence-electron chi connectivity index (χ4n) is 3.11. The predicted octanol–water partition coefficient (Wildman–Crippen LogP) is 5.37. The maximum absolute atomic E-state index is 12.8. The summed E-state index contributed by atoms with van der Waals surface area (Å²) >= 11 is 0. The average Bonchev–Trinajstić information content (AvgIpc) is 2.72. The minimum atomic E-state index is -0.311. The molecule has 3 aromatic rings. The van der Waals surface area contributed by atoms with Crippen LogP contribution in [0.4, 0.5) is 5.69 Å². The molecule has 0 bridgehead atoms. The molecule has 0 spiro atoms. The number of rotatable bonds is 7. The molecule has 1 N–H and O–H groups in total. The first-order valence-electron chi connectivity index (χ1n) is 9.67. The number of carbonyl (C=O) groups excluding carboxylic acids is 2. The maximum atomic E-state index is 12.8. The third-order valence-electron chi connectivity index (χ3n) is 4.63. The SMILES string of the molecule is Cc1ccc(C(C)C)c(OCC(=O)Nc2ccccc2C(=O)c2ccccc2)c1. The third kappa shape index (κ3) is 5.11. The lowest BCUT2D eigenvalue weighted by molar-refractivity contribution is -0.118. The molecule has 0 heterocycles. The molecule has 0 saturated carbocycles. The van der Waals surface area contributed by atoms with E-state index < -0.39 is 0 Å². The van der Waals surface area contributed by atoms with Gasteiger partial charge in [-0.2, -0.15) is 0 Å². The van der Waals surface area contributed by atoms with E-state index in [4.69, 9.17) is 4.74 Å². The molecule has 0 atom stereocenters. The van der Waals surface area contributed by atoms with Crippen LogP contribution in [-0.4, -0.2) is 18.3 Å². The van der Waals surface area contributed by atoms with Crippen molar-refractivity contribution in [3.05, 3.63) is 95.1 Å². The first-order valence-corrected chi connectivity index (χ1v) is 9.67. The highest BCUT2D eigenvalue weighted by Crippen LogP contribution is 2.27. The van der Waals surface area contributed by atoms with Gasteiger partial charge < -0.3 is 10.1 Å². The summed E-state index contributed by atoms with van der Waals surface area (Å²) in [5.41, 5.74) is 3.63. The van der Waals surface area contributed by atoms with Crippen molar-refractivity contribution in [2.45, 2.75) is 26.7 Å². The Morgan fingerprint density at radius 3 is 2.34 bits per heavy atom. The lowest BCUT2D eigenvalue weighted by Gasteiger charge is -2.15. The maximum Gasteiger partial charge on any atom is 0.262 e. The minimum absolute atomic E-state index is 0.128. The predicted molar refractivity (Wildman–Crippen MR) is 116 cm³/mol. The molecule has 0 fully saturated rings. The number of carbonyl (C=O) groups is 2. The number of benzene rings is 3. The Labute approximate surface area is 171 Å². The standard InChI is InChI=1S/C25H25NO3/c1-17(2)20-14-13-18(3)15-23(20)29-16-24(27)26-22-12-8-7-11-21(22)25(28)19-9-5-4-6-10-19/h4-15,17H,16H2,1-3H3,(H,26,27). The summed E-state index contributed by atoms with van der Waals surface area (Å²) < 4.78 is 5.80. The Bertz CT molecular complexity index is 1010. The van der Waals surface area contributed by atoms with Gasteiger partial charge in [-0.15, -0.1) is 0 Å². The number of aryl methyl sites for hydroxylation is 1. The Kier molecular flexibility index (Phi) is 6.45. The molecule has 4 heteroatoms.